The smallest absolute Gasteiger partial charge is 0.416 e. The SMILES string of the molecule is COc1ccccc1CNc1ccc(C(=O)[O-])cc1S(=O)(=O)Nc1cccc(C(F)(F)F)c1. The van der Waals surface area contributed by atoms with E-state index in [1.54, 1.807) is 24.3 Å². The molecular weight excluding hydrogens is 461 g/mol. The van der Waals surface area contributed by atoms with Gasteiger partial charge < -0.3 is 20.0 Å². The molecule has 0 spiro atoms. The van der Waals surface area contributed by atoms with Crippen molar-refractivity contribution < 1.29 is 36.2 Å². The van der Waals surface area contributed by atoms with Crippen LogP contribution in [0.1, 0.15) is 21.5 Å². The van der Waals surface area contributed by atoms with Crippen molar-refractivity contribution in [1.82, 2.24) is 0 Å². The molecule has 0 saturated carbocycles. The van der Waals surface area contributed by atoms with E-state index in [1.807, 2.05) is 0 Å². The zero-order chi connectivity index (χ0) is 24.2. The second-order valence-electron chi connectivity index (χ2n) is 6.85. The van der Waals surface area contributed by atoms with E-state index in [9.17, 15) is 31.5 Å². The lowest BCUT2D eigenvalue weighted by Crippen LogP contribution is -2.23. The number of benzene rings is 3. The first-order valence-electron chi connectivity index (χ1n) is 9.42. The number of para-hydroxylation sites is 1. The number of rotatable bonds is 8. The van der Waals surface area contributed by atoms with Gasteiger partial charge in [0.25, 0.3) is 10.0 Å². The number of nitrogens with one attached hydrogen (secondary N) is 2. The summed E-state index contributed by atoms with van der Waals surface area (Å²) in [6.07, 6.45) is -4.67. The van der Waals surface area contributed by atoms with E-state index in [1.165, 1.54) is 13.2 Å². The summed E-state index contributed by atoms with van der Waals surface area (Å²) in [5.74, 6) is -1.07. The molecule has 0 unspecified atom stereocenters. The molecule has 2 N–H and O–H groups in total. The van der Waals surface area contributed by atoms with Crippen molar-refractivity contribution in [2.45, 2.75) is 17.6 Å². The minimum absolute atomic E-state index is 0.0328. The average Bonchev–Trinajstić information content (AvgIpc) is 2.77. The van der Waals surface area contributed by atoms with E-state index < -0.39 is 38.2 Å². The van der Waals surface area contributed by atoms with Gasteiger partial charge in [-0.1, -0.05) is 30.3 Å². The fourth-order valence-corrected chi connectivity index (χ4v) is 4.29. The first-order chi connectivity index (χ1) is 15.5. The average molecular weight is 479 g/mol. The Labute approximate surface area is 187 Å². The summed E-state index contributed by atoms with van der Waals surface area (Å²) in [5, 5.41) is 14.2. The number of methoxy groups -OCH3 is 1. The van der Waals surface area contributed by atoms with Crippen molar-refractivity contribution in [1.29, 1.82) is 0 Å². The molecule has 0 heterocycles. The molecule has 0 amide bonds. The van der Waals surface area contributed by atoms with E-state index in [0.29, 0.717) is 17.4 Å². The number of sulfonamides is 1. The highest BCUT2D eigenvalue weighted by molar-refractivity contribution is 7.92. The third-order valence-electron chi connectivity index (χ3n) is 4.61. The van der Waals surface area contributed by atoms with Gasteiger partial charge in [0.05, 0.1) is 24.3 Å². The Morgan fingerprint density at radius 3 is 2.42 bits per heavy atom. The Morgan fingerprint density at radius 2 is 1.76 bits per heavy atom. The Bertz CT molecular complexity index is 1280. The van der Waals surface area contributed by atoms with E-state index in [0.717, 1.165) is 30.3 Å². The second-order valence-corrected chi connectivity index (χ2v) is 8.50. The highest BCUT2D eigenvalue weighted by Crippen LogP contribution is 2.32. The maximum Gasteiger partial charge on any atom is 0.416 e. The van der Waals surface area contributed by atoms with Crippen molar-refractivity contribution in [3.63, 3.8) is 0 Å². The third-order valence-corrected chi connectivity index (χ3v) is 6.03. The van der Waals surface area contributed by atoms with Gasteiger partial charge in [0, 0.05) is 17.8 Å². The minimum Gasteiger partial charge on any atom is -0.545 e. The van der Waals surface area contributed by atoms with Gasteiger partial charge in [-0.05, 0) is 42.0 Å². The fourth-order valence-electron chi connectivity index (χ4n) is 3.03. The number of halogens is 3. The quantitative estimate of drug-likeness (QED) is 0.512. The zero-order valence-corrected chi connectivity index (χ0v) is 18.0. The molecule has 174 valence electrons. The number of hydrogen-bond donors (Lipinski definition) is 2. The van der Waals surface area contributed by atoms with Crippen LogP contribution in [0.5, 0.6) is 5.75 Å². The molecule has 0 aliphatic rings. The van der Waals surface area contributed by atoms with Crippen LogP contribution in [0.25, 0.3) is 0 Å². The van der Waals surface area contributed by atoms with Crippen molar-refractivity contribution in [2.75, 3.05) is 17.1 Å². The van der Waals surface area contributed by atoms with Gasteiger partial charge in [-0.2, -0.15) is 13.2 Å². The molecule has 0 bridgehead atoms. The number of ether oxygens (including phenoxy) is 1. The lowest BCUT2D eigenvalue weighted by molar-refractivity contribution is -0.255. The van der Waals surface area contributed by atoms with Crippen LogP contribution < -0.4 is 19.9 Å². The molecule has 0 saturated heterocycles. The van der Waals surface area contributed by atoms with Gasteiger partial charge in [-0.3, -0.25) is 4.72 Å². The van der Waals surface area contributed by atoms with Gasteiger partial charge in [0.2, 0.25) is 0 Å². The number of alkyl halides is 3. The highest BCUT2D eigenvalue weighted by Gasteiger charge is 2.31. The zero-order valence-electron chi connectivity index (χ0n) is 17.1. The van der Waals surface area contributed by atoms with E-state index in [2.05, 4.69) is 10.0 Å². The van der Waals surface area contributed by atoms with Gasteiger partial charge in [0.1, 0.15) is 10.6 Å². The van der Waals surface area contributed by atoms with Crippen LogP contribution in [0.3, 0.4) is 0 Å². The van der Waals surface area contributed by atoms with Gasteiger partial charge >= 0.3 is 6.18 Å². The molecular formula is C22H18F3N2O5S-. The van der Waals surface area contributed by atoms with Crippen LogP contribution in [-0.4, -0.2) is 21.5 Å². The van der Waals surface area contributed by atoms with Crippen molar-refractivity contribution in [3.05, 3.63) is 83.4 Å². The summed E-state index contributed by atoms with van der Waals surface area (Å²) in [6, 6.07) is 13.9. The molecule has 0 atom stereocenters. The predicted molar refractivity (Wildman–Crippen MR) is 113 cm³/mol. The summed E-state index contributed by atoms with van der Waals surface area (Å²) in [7, 11) is -3.01. The second kappa shape index (κ2) is 9.41. The molecule has 3 aromatic rings. The normalized spacial score (nSPS) is 11.6. The molecule has 0 aromatic heterocycles. The first-order valence-corrected chi connectivity index (χ1v) is 10.9. The molecule has 0 fully saturated rings. The number of carbonyl (C=O) groups excluding carboxylic acids is 1. The van der Waals surface area contributed by atoms with E-state index >= 15 is 0 Å². The predicted octanol–water partition coefficient (Wildman–Crippen LogP) is 3.49. The van der Waals surface area contributed by atoms with Crippen LogP contribution in [0.15, 0.2) is 71.6 Å². The minimum atomic E-state index is -4.67. The number of carboxylic acids is 1. The van der Waals surface area contributed by atoms with Gasteiger partial charge in [-0.15, -0.1) is 0 Å². The molecule has 3 aromatic carbocycles. The number of carbonyl (C=O) groups is 1. The highest BCUT2D eigenvalue weighted by atomic mass is 32.2. The Hall–Kier alpha value is -3.73. The maximum absolute atomic E-state index is 13.0. The number of aromatic carboxylic acids is 1. The third kappa shape index (κ3) is 5.75. The monoisotopic (exact) mass is 479 g/mol. The van der Waals surface area contributed by atoms with Crippen LogP contribution in [0.4, 0.5) is 24.5 Å². The van der Waals surface area contributed by atoms with Gasteiger partial charge in [-0.25, -0.2) is 8.42 Å². The summed E-state index contributed by atoms with van der Waals surface area (Å²) >= 11 is 0. The van der Waals surface area contributed by atoms with Gasteiger partial charge in [0.15, 0.2) is 0 Å². The summed E-state index contributed by atoms with van der Waals surface area (Å²) < 4.78 is 72.3. The lowest BCUT2D eigenvalue weighted by Gasteiger charge is -2.17. The molecule has 7 nitrogen and oxygen atoms in total. The molecule has 0 aliphatic carbocycles. The van der Waals surface area contributed by atoms with E-state index in [4.69, 9.17) is 4.74 Å². The molecule has 11 heteroatoms. The van der Waals surface area contributed by atoms with Crippen LogP contribution in [-0.2, 0) is 22.7 Å². The number of hydrogen-bond acceptors (Lipinski definition) is 6. The van der Waals surface area contributed by atoms with E-state index in [-0.39, 0.29) is 17.9 Å². The molecule has 33 heavy (non-hydrogen) atoms. The summed E-state index contributed by atoms with van der Waals surface area (Å²) in [4.78, 5) is 10.8. The first kappa shape index (κ1) is 23.9. The van der Waals surface area contributed by atoms with Crippen molar-refractivity contribution in [3.8, 4) is 5.75 Å². The number of carboxylic acid groups (broad SMARTS) is 1. The van der Waals surface area contributed by atoms with Crippen molar-refractivity contribution in [2.24, 2.45) is 0 Å². The Morgan fingerprint density at radius 1 is 1.03 bits per heavy atom. The largest absolute Gasteiger partial charge is 0.545 e. The standard InChI is InChI=1S/C22H19F3N2O5S/c1-32-19-8-3-2-5-15(19)13-26-18-10-9-14(21(28)29)11-20(18)33(30,31)27-17-7-4-6-16(12-17)22(23,24)25/h2-12,26-27H,13H2,1H3,(H,28,29)/p-1. The summed E-state index contributed by atoms with van der Waals surface area (Å²) in [6.45, 7) is 0.126. The Kier molecular flexibility index (Phi) is 6.82. The van der Waals surface area contributed by atoms with Crippen LogP contribution >= 0.6 is 0 Å². The lowest BCUT2D eigenvalue weighted by atomic mass is 10.1. The van der Waals surface area contributed by atoms with Crippen molar-refractivity contribution >= 4 is 27.4 Å². The summed E-state index contributed by atoms with van der Waals surface area (Å²) in [5.41, 5.74) is -1.06. The molecule has 0 radical (unpaired) electrons. The Balaban J connectivity index is 1.97. The van der Waals surface area contributed by atoms with Crippen LogP contribution in [0.2, 0.25) is 0 Å². The van der Waals surface area contributed by atoms with Crippen LogP contribution in [0, 0.1) is 0 Å². The number of anilines is 2. The topological polar surface area (TPSA) is 108 Å². The fraction of sp³-hybridized carbons (Fsp3) is 0.136. The molecule has 0 aliphatic heterocycles. The molecule has 3 rings (SSSR count). The maximum atomic E-state index is 13.0.